The molecule has 0 N–H and O–H groups in total. The van der Waals surface area contributed by atoms with Crippen LogP contribution < -0.4 is 0 Å². The Balaban J connectivity index is 2.80. The molecular weight excluding hydrogens is 98.1 g/mol. The smallest absolute Gasteiger partial charge is 0.0295 e. The Kier molecular flexibility index (Phi) is 1.29. The van der Waals surface area contributed by atoms with Crippen molar-refractivity contribution in [3.8, 4) is 0 Å². The molecule has 1 rings (SSSR count). The van der Waals surface area contributed by atoms with Gasteiger partial charge in [-0.1, -0.05) is 6.58 Å². The van der Waals surface area contributed by atoms with Crippen molar-refractivity contribution in [2.45, 2.75) is 13.3 Å². The Labute approximate surface area is 49.4 Å². The molecule has 8 heavy (non-hydrogen) atoms. The third-order valence-electron chi connectivity index (χ3n) is 1.27. The first kappa shape index (κ1) is 5.29. The average molecular weight is 107 g/mol. The predicted molar refractivity (Wildman–Crippen MR) is 36.0 cm³/mol. The van der Waals surface area contributed by atoms with Gasteiger partial charge in [-0.15, -0.1) is 0 Å². The molecule has 1 aliphatic rings. The van der Waals surface area contributed by atoms with E-state index in [1.165, 1.54) is 11.1 Å². The van der Waals surface area contributed by atoms with E-state index in [2.05, 4.69) is 11.6 Å². The van der Waals surface area contributed by atoms with Crippen LogP contribution in [-0.2, 0) is 0 Å². The monoisotopic (exact) mass is 107 g/mol. The van der Waals surface area contributed by atoms with Gasteiger partial charge >= 0.3 is 0 Å². The van der Waals surface area contributed by atoms with Crippen LogP contribution in [0.1, 0.15) is 13.3 Å². The van der Waals surface area contributed by atoms with Crippen LogP contribution in [0.2, 0.25) is 0 Å². The molecule has 0 unspecified atom stereocenters. The van der Waals surface area contributed by atoms with Gasteiger partial charge in [0.05, 0.1) is 0 Å². The highest BCUT2D eigenvalue weighted by Crippen LogP contribution is 2.12. The van der Waals surface area contributed by atoms with Crippen molar-refractivity contribution in [2.24, 2.45) is 4.99 Å². The van der Waals surface area contributed by atoms with Gasteiger partial charge in [-0.3, -0.25) is 4.99 Å². The first-order valence-corrected chi connectivity index (χ1v) is 2.67. The topological polar surface area (TPSA) is 12.4 Å². The number of hydrogen-bond acceptors (Lipinski definition) is 1. The van der Waals surface area contributed by atoms with Crippen LogP contribution in [0.5, 0.6) is 0 Å². The second-order valence-electron chi connectivity index (χ2n) is 1.95. The summed E-state index contributed by atoms with van der Waals surface area (Å²) < 4.78 is 0. The lowest BCUT2D eigenvalue weighted by atomic mass is 10.1. The molecule has 1 heterocycles. The summed E-state index contributed by atoms with van der Waals surface area (Å²) in [6.45, 7) is 5.86. The van der Waals surface area contributed by atoms with E-state index in [1.807, 2.05) is 19.3 Å². The van der Waals surface area contributed by atoms with E-state index in [0.717, 1.165) is 6.42 Å². The summed E-state index contributed by atoms with van der Waals surface area (Å²) in [7, 11) is 0. The van der Waals surface area contributed by atoms with Gasteiger partial charge in [0.15, 0.2) is 0 Å². The fraction of sp³-hybridized carbons (Fsp3) is 0.286. The van der Waals surface area contributed by atoms with E-state index in [4.69, 9.17) is 0 Å². The van der Waals surface area contributed by atoms with Gasteiger partial charge in [-0.2, -0.15) is 0 Å². The summed E-state index contributed by atoms with van der Waals surface area (Å²) in [4.78, 5) is 3.96. The molecule has 1 heteroatoms. The van der Waals surface area contributed by atoms with Crippen LogP contribution in [0, 0.1) is 0 Å². The summed E-state index contributed by atoms with van der Waals surface area (Å²) in [5.74, 6) is 0. The predicted octanol–water partition coefficient (Wildman–Crippen LogP) is 1.92. The second-order valence-corrected chi connectivity index (χ2v) is 1.95. The number of aliphatic imine (C=N–C) groups is 1. The molecule has 0 atom stereocenters. The van der Waals surface area contributed by atoms with E-state index < -0.39 is 0 Å². The molecule has 0 saturated heterocycles. The van der Waals surface area contributed by atoms with Crippen molar-refractivity contribution < 1.29 is 0 Å². The highest BCUT2D eigenvalue weighted by atomic mass is 14.7. The van der Waals surface area contributed by atoms with Crippen molar-refractivity contribution in [2.75, 3.05) is 0 Å². The molecule has 0 saturated carbocycles. The highest BCUT2D eigenvalue weighted by Gasteiger charge is 1.96. The Bertz CT molecular complexity index is 163. The van der Waals surface area contributed by atoms with Crippen LogP contribution in [0.3, 0.4) is 0 Å². The lowest BCUT2D eigenvalue weighted by Gasteiger charge is -2.03. The average Bonchev–Trinajstić information content (AvgIpc) is 1.77. The lowest BCUT2D eigenvalue weighted by Crippen LogP contribution is -1.89. The zero-order valence-electron chi connectivity index (χ0n) is 5.02. The highest BCUT2D eigenvalue weighted by molar-refractivity contribution is 5.66. The van der Waals surface area contributed by atoms with Crippen LogP contribution >= 0.6 is 0 Å². The Morgan fingerprint density at radius 2 is 2.50 bits per heavy atom. The molecule has 0 aromatic rings. The molecular formula is C7H9N. The van der Waals surface area contributed by atoms with Gasteiger partial charge in [0.25, 0.3) is 0 Å². The quantitative estimate of drug-likeness (QED) is 0.448. The van der Waals surface area contributed by atoms with E-state index in [-0.39, 0.29) is 0 Å². The van der Waals surface area contributed by atoms with Crippen molar-refractivity contribution in [1.82, 2.24) is 0 Å². The molecule has 0 radical (unpaired) electrons. The molecule has 42 valence electrons. The molecule has 1 nitrogen and oxygen atoms in total. The third-order valence-corrected chi connectivity index (χ3v) is 1.27. The summed E-state index contributed by atoms with van der Waals surface area (Å²) in [6.07, 6.45) is 4.63. The Hall–Kier alpha value is -0.850. The zero-order chi connectivity index (χ0) is 5.98. The van der Waals surface area contributed by atoms with Crippen LogP contribution in [0.25, 0.3) is 0 Å². The third kappa shape index (κ3) is 0.861. The van der Waals surface area contributed by atoms with E-state index in [9.17, 15) is 0 Å². The van der Waals surface area contributed by atoms with Crippen molar-refractivity contribution >= 4 is 6.21 Å². The van der Waals surface area contributed by atoms with Gasteiger partial charge in [-0.05, 0) is 18.1 Å². The molecule has 0 aliphatic carbocycles. The van der Waals surface area contributed by atoms with E-state index in [0.29, 0.717) is 0 Å². The van der Waals surface area contributed by atoms with Crippen molar-refractivity contribution in [1.29, 1.82) is 0 Å². The minimum Gasteiger partial charge on any atom is -0.268 e. The van der Waals surface area contributed by atoms with Gasteiger partial charge in [-0.25, -0.2) is 0 Å². The SMILES string of the molecule is C=C1CC=NC=C1C. The van der Waals surface area contributed by atoms with Gasteiger partial charge in [0.2, 0.25) is 0 Å². The fourth-order valence-corrected chi connectivity index (χ4v) is 0.580. The van der Waals surface area contributed by atoms with Gasteiger partial charge < -0.3 is 0 Å². The molecule has 0 fully saturated rings. The number of rotatable bonds is 0. The first-order valence-electron chi connectivity index (χ1n) is 2.67. The van der Waals surface area contributed by atoms with Gasteiger partial charge in [0, 0.05) is 18.8 Å². The molecule has 0 spiro atoms. The first-order chi connectivity index (χ1) is 3.80. The number of nitrogens with zero attached hydrogens (tertiary/aromatic N) is 1. The molecule has 0 aromatic carbocycles. The van der Waals surface area contributed by atoms with Crippen molar-refractivity contribution in [3.63, 3.8) is 0 Å². The Morgan fingerprint density at radius 3 is 2.88 bits per heavy atom. The maximum Gasteiger partial charge on any atom is 0.0295 e. The maximum absolute atomic E-state index is 3.96. The minimum absolute atomic E-state index is 0.919. The minimum atomic E-state index is 0.919. The number of allylic oxidation sites excluding steroid dienone is 2. The van der Waals surface area contributed by atoms with E-state index in [1.54, 1.807) is 0 Å². The fourth-order valence-electron chi connectivity index (χ4n) is 0.580. The summed E-state index contributed by atoms with van der Waals surface area (Å²) in [5, 5.41) is 0. The van der Waals surface area contributed by atoms with Crippen LogP contribution in [0.4, 0.5) is 0 Å². The standard InChI is InChI=1S/C7H9N/c1-6-3-4-8-5-7(6)2/h4-5H,1,3H2,2H3. The summed E-state index contributed by atoms with van der Waals surface area (Å²) in [5.41, 5.74) is 2.38. The second kappa shape index (κ2) is 1.95. The summed E-state index contributed by atoms with van der Waals surface area (Å²) in [6, 6.07) is 0. The van der Waals surface area contributed by atoms with Crippen molar-refractivity contribution in [3.05, 3.63) is 23.9 Å². The normalized spacial score (nSPS) is 18.6. The molecule has 0 amide bonds. The largest absolute Gasteiger partial charge is 0.268 e. The molecule has 1 aliphatic heterocycles. The zero-order valence-corrected chi connectivity index (χ0v) is 5.02. The maximum atomic E-state index is 3.96. The van der Waals surface area contributed by atoms with Crippen LogP contribution in [0.15, 0.2) is 28.9 Å². The van der Waals surface area contributed by atoms with Gasteiger partial charge in [0.1, 0.15) is 0 Å². The lowest BCUT2D eigenvalue weighted by molar-refractivity contribution is 1.22. The Morgan fingerprint density at radius 1 is 1.75 bits per heavy atom. The van der Waals surface area contributed by atoms with Crippen LogP contribution in [-0.4, -0.2) is 6.21 Å². The van der Waals surface area contributed by atoms with E-state index >= 15 is 0 Å². The number of hydrogen-bond donors (Lipinski definition) is 0. The molecule has 0 bridgehead atoms. The summed E-state index contributed by atoms with van der Waals surface area (Å²) >= 11 is 0. The molecule has 0 aromatic heterocycles.